The lowest BCUT2D eigenvalue weighted by atomic mass is 9.94. The summed E-state index contributed by atoms with van der Waals surface area (Å²) in [5.74, 6) is -0.436. The lowest BCUT2D eigenvalue weighted by Crippen LogP contribution is -2.48. The SMILES string of the molecule is CO[C@H](C(=O)N(C)C[C@@H]1OCc2ccccc2-c2ccccc2C(=O)N([C@@H](C)CO)C[C@H]1C)c1ccccc1. The van der Waals surface area contributed by atoms with Crippen molar-refractivity contribution in [1.82, 2.24) is 9.80 Å². The van der Waals surface area contributed by atoms with Gasteiger partial charge in [0.25, 0.3) is 11.8 Å². The van der Waals surface area contributed by atoms with E-state index in [2.05, 4.69) is 0 Å². The second kappa shape index (κ2) is 13.0. The first kappa shape index (κ1) is 28.5. The molecule has 7 nitrogen and oxygen atoms in total. The number of hydrogen-bond acceptors (Lipinski definition) is 5. The molecule has 3 aromatic rings. The molecular formula is C32H38N2O5. The third-order valence-corrected chi connectivity index (χ3v) is 7.49. The molecule has 2 amide bonds. The normalized spacial score (nSPS) is 19.3. The van der Waals surface area contributed by atoms with Crippen LogP contribution in [0.4, 0.5) is 0 Å². The van der Waals surface area contributed by atoms with Crippen LogP contribution >= 0.6 is 0 Å². The maximum atomic E-state index is 13.9. The first-order chi connectivity index (χ1) is 18.8. The molecule has 0 spiro atoms. The van der Waals surface area contributed by atoms with Gasteiger partial charge in [-0.3, -0.25) is 9.59 Å². The molecule has 0 aliphatic carbocycles. The molecule has 39 heavy (non-hydrogen) atoms. The molecule has 0 unspecified atom stereocenters. The first-order valence-electron chi connectivity index (χ1n) is 13.4. The van der Waals surface area contributed by atoms with E-state index in [1.165, 1.54) is 7.11 Å². The highest BCUT2D eigenvalue weighted by Gasteiger charge is 2.32. The van der Waals surface area contributed by atoms with E-state index in [1.54, 1.807) is 16.8 Å². The average molecular weight is 531 g/mol. The number of likely N-dealkylation sites (N-methyl/N-ethyl adjacent to an activating group) is 1. The number of fused-ring (bicyclic) bond motifs is 3. The summed E-state index contributed by atoms with van der Waals surface area (Å²) in [5.41, 5.74) is 4.11. The van der Waals surface area contributed by atoms with Crippen LogP contribution in [0.5, 0.6) is 0 Å². The number of carbonyl (C=O) groups excluding carboxylic acids is 2. The van der Waals surface area contributed by atoms with Crippen LogP contribution in [0.1, 0.15) is 41.4 Å². The molecule has 1 N–H and O–H groups in total. The number of rotatable bonds is 7. The average Bonchev–Trinajstić information content (AvgIpc) is 2.99. The fourth-order valence-electron chi connectivity index (χ4n) is 5.12. The van der Waals surface area contributed by atoms with Gasteiger partial charge < -0.3 is 24.4 Å². The van der Waals surface area contributed by atoms with Crippen molar-refractivity contribution in [3.63, 3.8) is 0 Å². The van der Waals surface area contributed by atoms with Gasteiger partial charge in [-0.15, -0.1) is 0 Å². The minimum absolute atomic E-state index is 0.131. The van der Waals surface area contributed by atoms with E-state index >= 15 is 0 Å². The van der Waals surface area contributed by atoms with Gasteiger partial charge in [0.2, 0.25) is 0 Å². The molecule has 0 saturated carbocycles. The molecule has 1 heterocycles. The molecule has 1 aliphatic rings. The predicted molar refractivity (Wildman–Crippen MR) is 151 cm³/mol. The smallest absolute Gasteiger partial charge is 0.256 e. The summed E-state index contributed by atoms with van der Waals surface area (Å²) < 4.78 is 12.1. The first-order valence-corrected chi connectivity index (χ1v) is 13.4. The van der Waals surface area contributed by atoms with Crippen molar-refractivity contribution >= 4 is 11.8 Å². The van der Waals surface area contributed by atoms with Crippen LogP contribution in [0.25, 0.3) is 11.1 Å². The molecule has 0 bridgehead atoms. The number of hydrogen-bond donors (Lipinski definition) is 1. The van der Waals surface area contributed by atoms with Crippen molar-refractivity contribution in [2.75, 3.05) is 33.9 Å². The Balaban J connectivity index is 1.68. The van der Waals surface area contributed by atoms with Crippen molar-refractivity contribution < 1.29 is 24.2 Å². The molecule has 4 rings (SSSR count). The lowest BCUT2D eigenvalue weighted by Gasteiger charge is -2.35. The van der Waals surface area contributed by atoms with Crippen molar-refractivity contribution in [2.24, 2.45) is 5.92 Å². The van der Waals surface area contributed by atoms with E-state index in [0.717, 1.165) is 22.3 Å². The van der Waals surface area contributed by atoms with Gasteiger partial charge in [0.05, 0.1) is 25.4 Å². The second-order valence-electron chi connectivity index (χ2n) is 10.3. The van der Waals surface area contributed by atoms with Gasteiger partial charge >= 0.3 is 0 Å². The zero-order chi connectivity index (χ0) is 27.9. The van der Waals surface area contributed by atoms with Crippen molar-refractivity contribution in [1.29, 1.82) is 0 Å². The topological polar surface area (TPSA) is 79.3 Å². The van der Waals surface area contributed by atoms with E-state index in [9.17, 15) is 14.7 Å². The van der Waals surface area contributed by atoms with Crippen LogP contribution in [0.3, 0.4) is 0 Å². The molecule has 0 fully saturated rings. The van der Waals surface area contributed by atoms with Crippen molar-refractivity contribution in [2.45, 2.75) is 38.7 Å². The Labute approximate surface area is 231 Å². The summed E-state index contributed by atoms with van der Waals surface area (Å²) in [7, 11) is 3.28. The number of nitrogens with zero attached hydrogens (tertiary/aromatic N) is 2. The summed E-state index contributed by atoms with van der Waals surface area (Å²) >= 11 is 0. The number of benzene rings is 3. The van der Waals surface area contributed by atoms with Crippen LogP contribution in [0, 0.1) is 5.92 Å². The monoisotopic (exact) mass is 530 g/mol. The molecular weight excluding hydrogens is 492 g/mol. The fourth-order valence-corrected chi connectivity index (χ4v) is 5.12. The van der Waals surface area contributed by atoms with E-state index in [4.69, 9.17) is 9.47 Å². The molecule has 0 aromatic heterocycles. The zero-order valence-electron chi connectivity index (χ0n) is 23.1. The van der Waals surface area contributed by atoms with Crippen molar-refractivity contribution in [3.8, 4) is 11.1 Å². The second-order valence-corrected chi connectivity index (χ2v) is 10.3. The molecule has 4 atom stereocenters. The third-order valence-electron chi connectivity index (χ3n) is 7.49. The summed E-state index contributed by atoms with van der Waals surface area (Å²) in [6.07, 6.45) is -1.10. The maximum Gasteiger partial charge on any atom is 0.256 e. The van der Waals surface area contributed by atoms with E-state index in [0.29, 0.717) is 25.3 Å². The van der Waals surface area contributed by atoms with Gasteiger partial charge in [0, 0.05) is 38.7 Å². The molecule has 206 valence electrons. The van der Waals surface area contributed by atoms with Crippen LogP contribution in [0.15, 0.2) is 78.9 Å². The standard InChI is InChI=1S/C32H38N2O5/c1-22-18-34(23(2)20-35)31(36)28-17-11-10-16-27(28)26-15-9-8-14-25(26)21-39-29(22)19-33(3)32(37)30(38-4)24-12-6-5-7-13-24/h5-17,22-23,29-30,35H,18-21H2,1-4H3/t22-,23+,29+,30+/m1/s1. The molecule has 3 aromatic carbocycles. The highest BCUT2D eigenvalue weighted by molar-refractivity contribution is 6.01. The molecule has 0 radical (unpaired) electrons. The minimum Gasteiger partial charge on any atom is -0.394 e. The number of aliphatic hydroxyl groups excluding tert-OH is 1. The number of aliphatic hydroxyl groups is 1. The zero-order valence-corrected chi connectivity index (χ0v) is 23.1. The van der Waals surface area contributed by atoms with Crippen LogP contribution in [-0.2, 0) is 20.9 Å². The lowest BCUT2D eigenvalue weighted by molar-refractivity contribution is -0.143. The quantitative estimate of drug-likeness (QED) is 0.485. The van der Waals surface area contributed by atoms with Crippen LogP contribution in [0.2, 0.25) is 0 Å². The fraction of sp³-hybridized carbons (Fsp3) is 0.375. The Kier molecular flexibility index (Phi) is 9.51. The molecule has 7 heteroatoms. The number of methoxy groups -OCH3 is 1. The van der Waals surface area contributed by atoms with Gasteiger partial charge in [0.15, 0.2) is 6.10 Å². The van der Waals surface area contributed by atoms with Gasteiger partial charge in [0.1, 0.15) is 0 Å². The van der Waals surface area contributed by atoms with Gasteiger partial charge in [-0.25, -0.2) is 0 Å². The number of ether oxygens (including phenoxy) is 2. The Bertz CT molecular complexity index is 1260. The predicted octanol–water partition coefficient (Wildman–Crippen LogP) is 4.56. The van der Waals surface area contributed by atoms with Gasteiger partial charge in [-0.1, -0.05) is 79.7 Å². The van der Waals surface area contributed by atoms with Crippen LogP contribution < -0.4 is 0 Å². The summed E-state index contributed by atoms with van der Waals surface area (Å²) in [4.78, 5) is 30.8. The number of amides is 2. The third kappa shape index (κ3) is 6.38. The van der Waals surface area contributed by atoms with Gasteiger partial charge in [-0.05, 0) is 35.2 Å². The Morgan fingerprint density at radius 1 is 1.03 bits per heavy atom. The largest absolute Gasteiger partial charge is 0.394 e. The van der Waals surface area contributed by atoms with Crippen molar-refractivity contribution in [3.05, 3.63) is 95.6 Å². The highest BCUT2D eigenvalue weighted by atomic mass is 16.5. The Morgan fingerprint density at radius 2 is 1.64 bits per heavy atom. The molecule has 1 aliphatic heterocycles. The minimum atomic E-state index is -0.725. The van der Waals surface area contributed by atoms with Crippen LogP contribution in [-0.4, -0.2) is 72.7 Å². The summed E-state index contributed by atoms with van der Waals surface area (Å²) in [6, 6.07) is 24.5. The van der Waals surface area contributed by atoms with E-state index in [1.807, 2.05) is 92.7 Å². The molecule has 0 saturated heterocycles. The summed E-state index contributed by atoms with van der Waals surface area (Å²) in [6.45, 7) is 4.72. The maximum absolute atomic E-state index is 13.9. The van der Waals surface area contributed by atoms with E-state index < -0.39 is 6.10 Å². The Morgan fingerprint density at radius 3 is 2.31 bits per heavy atom. The summed E-state index contributed by atoms with van der Waals surface area (Å²) in [5, 5.41) is 10.0. The van der Waals surface area contributed by atoms with E-state index in [-0.39, 0.29) is 36.5 Å². The number of carbonyl (C=O) groups is 2. The highest BCUT2D eigenvalue weighted by Crippen LogP contribution is 2.31. The van der Waals surface area contributed by atoms with Gasteiger partial charge in [-0.2, -0.15) is 0 Å². The Hall–Kier alpha value is -3.52.